The van der Waals surface area contributed by atoms with E-state index in [-0.39, 0.29) is 43.3 Å². The number of hydrogen-bond donors (Lipinski definition) is 2. The first kappa shape index (κ1) is 20.7. The molecular weight excluding hydrogens is 355 g/mol. The Morgan fingerprint density at radius 1 is 1.26 bits per heavy atom. The maximum Gasteiger partial charge on any atom is 0.326 e. The number of aliphatic carboxylic acids is 1. The molecule has 7 nitrogen and oxygen atoms in total. The zero-order valence-electron chi connectivity index (χ0n) is 15.5. The first-order valence-electron chi connectivity index (χ1n) is 8.98. The summed E-state index contributed by atoms with van der Waals surface area (Å²) in [5.41, 5.74) is 0. The lowest BCUT2D eigenvalue weighted by Gasteiger charge is -2.27. The molecule has 0 aromatic heterocycles. The van der Waals surface area contributed by atoms with Crippen LogP contribution < -0.4 is 10.1 Å². The third-order valence-electron chi connectivity index (χ3n) is 4.83. The molecule has 148 valence electrons. The molecule has 2 rings (SSSR count). The van der Waals surface area contributed by atoms with Crippen molar-refractivity contribution in [2.24, 2.45) is 5.92 Å². The van der Waals surface area contributed by atoms with Crippen LogP contribution in [0.4, 0.5) is 4.39 Å². The van der Waals surface area contributed by atoms with Crippen LogP contribution in [0.3, 0.4) is 0 Å². The van der Waals surface area contributed by atoms with Gasteiger partial charge in [-0.1, -0.05) is 6.92 Å². The van der Waals surface area contributed by atoms with E-state index in [0.29, 0.717) is 18.6 Å². The van der Waals surface area contributed by atoms with Gasteiger partial charge in [0.1, 0.15) is 17.6 Å². The van der Waals surface area contributed by atoms with Gasteiger partial charge in [0.25, 0.3) is 0 Å². The summed E-state index contributed by atoms with van der Waals surface area (Å²) in [6.07, 6.45) is 1.02. The Morgan fingerprint density at radius 3 is 2.56 bits per heavy atom. The minimum absolute atomic E-state index is 0.0920. The smallest absolute Gasteiger partial charge is 0.326 e. The van der Waals surface area contributed by atoms with Crippen molar-refractivity contribution in [2.45, 2.75) is 45.2 Å². The van der Waals surface area contributed by atoms with Gasteiger partial charge >= 0.3 is 5.97 Å². The predicted octanol–water partition coefficient (Wildman–Crippen LogP) is 1.81. The summed E-state index contributed by atoms with van der Waals surface area (Å²) in [7, 11) is 0. The summed E-state index contributed by atoms with van der Waals surface area (Å²) in [6.45, 7) is 3.79. The standard InChI is InChI=1S/C19H25FN2O5/c1-12-10-16(19(25)26)22(13(12)2)18(24)11-21-17(23)4-3-9-27-15-7-5-14(20)6-8-15/h5-8,12-13,16H,3-4,9-11H2,1-2H3,(H,21,23)(H,25,26)/t12-,13?,16?/m0/s1. The van der Waals surface area contributed by atoms with E-state index in [0.717, 1.165) is 0 Å². The maximum absolute atomic E-state index is 12.8. The third-order valence-corrected chi connectivity index (χ3v) is 4.83. The van der Waals surface area contributed by atoms with Crippen molar-refractivity contribution in [2.75, 3.05) is 13.2 Å². The molecule has 0 spiro atoms. The summed E-state index contributed by atoms with van der Waals surface area (Å²) in [5, 5.41) is 11.8. The summed E-state index contributed by atoms with van der Waals surface area (Å²) in [5.74, 6) is -1.46. The van der Waals surface area contributed by atoms with Crippen molar-refractivity contribution in [3.05, 3.63) is 30.1 Å². The molecule has 1 aliphatic rings. The van der Waals surface area contributed by atoms with Gasteiger partial charge in [0.2, 0.25) is 11.8 Å². The molecule has 27 heavy (non-hydrogen) atoms. The van der Waals surface area contributed by atoms with Crippen molar-refractivity contribution in [1.82, 2.24) is 10.2 Å². The summed E-state index contributed by atoms with van der Waals surface area (Å²) in [6, 6.07) is 4.57. The van der Waals surface area contributed by atoms with Crippen LogP contribution in [-0.2, 0) is 14.4 Å². The fourth-order valence-corrected chi connectivity index (χ4v) is 3.15. The van der Waals surface area contributed by atoms with Crippen LogP contribution in [-0.4, -0.2) is 53.0 Å². The number of halogens is 1. The Labute approximate surface area is 157 Å². The van der Waals surface area contributed by atoms with Crippen LogP contribution in [0.25, 0.3) is 0 Å². The van der Waals surface area contributed by atoms with Crippen molar-refractivity contribution in [1.29, 1.82) is 0 Å². The fourth-order valence-electron chi connectivity index (χ4n) is 3.15. The molecule has 2 unspecified atom stereocenters. The highest BCUT2D eigenvalue weighted by atomic mass is 19.1. The Hall–Kier alpha value is -2.64. The molecule has 1 saturated heterocycles. The average molecular weight is 380 g/mol. The minimum atomic E-state index is -1.02. The van der Waals surface area contributed by atoms with E-state index in [9.17, 15) is 23.9 Å². The zero-order chi connectivity index (χ0) is 20.0. The second-order valence-corrected chi connectivity index (χ2v) is 6.79. The molecular formula is C19H25FN2O5. The van der Waals surface area contributed by atoms with E-state index < -0.39 is 17.9 Å². The van der Waals surface area contributed by atoms with E-state index in [4.69, 9.17) is 4.74 Å². The number of amides is 2. The van der Waals surface area contributed by atoms with E-state index in [1.54, 1.807) is 0 Å². The lowest BCUT2D eigenvalue weighted by atomic mass is 10.0. The second-order valence-electron chi connectivity index (χ2n) is 6.79. The third kappa shape index (κ3) is 5.67. The molecule has 1 fully saturated rings. The Bertz CT molecular complexity index is 679. The molecule has 1 aromatic carbocycles. The summed E-state index contributed by atoms with van der Waals surface area (Å²) in [4.78, 5) is 36.9. The van der Waals surface area contributed by atoms with Gasteiger partial charge in [-0.15, -0.1) is 0 Å². The lowest BCUT2D eigenvalue weighted by molar-refractivity contribution is -0.149. The molecule has 0 radical (unpaired) electrons. The van der Waals surface area contributed by atoms with Crippen molar-refractivity contribution in [3.8, 4) is 5.75 Å². The van der Waals surface area contributed by atoms with E-state index >= 15 is 0 Å². The molecule has 0 bridgehead atoms. The first-order valence-corrected chi connectivity index (χ1v) is 8.98. The highest BCUT2D eigenvalue weighted by Gasteiger charge is 2.42. The number of rotatable bonds is 8. The number of nitrogens with one attached hydrogen (secondary N) is 1. The van der Waals surface area contributed by atoms with Gasteiger partial charge < -0.3 is 20.1 Å². The number of hydrogen-bond acceptors (Lipinski definition) is 4. The van der Waals surface area contributed by atoms with Gasteiger partial charge in [-0.05, 0) is 49.9 Å². The lowest BCUT2D eigenvalue weighted by Crippen LogP contribution is -2.48. The summed E-state index contributed by atoms with van der Waals surface area (Å²) >= 11 is 0. The van der Waals surface area contributed by atoms with E-state index in [1.807, 2.05) is 13.8 Å². The van der Waals surface area contributed by atoms with E-state index in [2.05, 4.69) is 5.32 Å². The van der Waals surface area contributed by atoms with Crippen LogP contribution in [0, 0.1) is 11.7 Å². The van der Waals surface area contributed by atoms with Gasteiger partial charge in [-0.25, -0.2) is 9.18 Å². The van der Waals surface area contributed by atoms with Crippen molar-refractivity contribution >= 4 is 17.8 Å². The number of likely N-dealkylation sites (tertiary alicyclic amines) is 1. The number of carbonyl (C=O) groups excluding carboxylic acids is 2. The first-order chi connectivity index (χ1) is 12.8. The highest BCUT2D eigenvalue weighted by molar-refractivity contribution is 5.88. The number of carboxylic acid groups (broad SMARTS) is 1. The van der Waals surface area contributed by atoms with Crippen LogP contribution in [0.2, 0.25) is 0 Å². The zero-order valence-corrected chi connectivity index (χ0v) is 15.5. The van der Waals surface area contributed by atoms with E-state index in [1.165, 1.54) is 29.2 Å². The Morgan fingerprint density at radius 2 is 1.93 bits per heavy atom. The van der Waals surface area contributed by atoms with Gasteiger partial charge in [0.05, 0.1) is 13.2 Å². The molecule has 0 aliphatic carbocycles. The Balaban J connectivity index is 1.70. The number of carboxylic acids is 1. The topological polar surface area (TPSA) is 95.9 Å². The molecule has 0 saturated carbocycles. The van der Waals surface area contributed by atoms with Gasteiger partial charge in [0, 0.05) is 12.5 Å². The largest absolute Gasteiger partial charge is 0.494 e. The molecule has 8 heteroatoms. The number of carbonyl (C=O) groups is 3. The van der Waals surface area contributed by atoms with Crippen LogP contribution in [0.5, 0.6) is 5.75 Å². The quantitative estimate of drug-likeness (QED) is 0.671. The average Bonchev–Trinajstić information content (AvgIpc) is 2.93. The second kappa shape index (κ2) is 9.34. The number of ether oxygens (including phenoxy) is 1. The van der Waals surface area contributed by atoms with Crippen LogP contribution in [0.1, 0.15) is 33.1 Å². The predicted molar refractivity (Wildman–Crippen MR) is 95.7 cm³/mol. The monoisotopic (exact) mass is 380 g/mol. The minimum Gasteiger partial charge on any atom is -0.494 e. The van der Waals surface area contributed by atoms with Crippen molar-refractivity contribution < 1.29 is 28.6 Å². The Kier molecular flexibility index (Phi) is 7.15. The highest BCUT2D eigenvalue weighted by Crippen LogP contribution is 2.29. The fraction of sp³-hybridized carbons (Fsp3) is 0.526. The van der Waals surface area contributed by atoms with Gasteiger partial charge in [-0.2, -0.15) is 0 Å². The maximum atomic E-state index is 12.8. The molecule has 1 heterocycles. The van der Waals surface area contributed by atoms with Gasteiger partial charge in [-0.3, -0.25) is 9.59 Å². The molecule has 2 amide bonds. The van der Waals surface area contributed by atoms with Gasteiger partial charge in [0.15, 0.2) is 0 Å². The number of nitrogens with zero attached hydrogens (tertiary/aromatic N) is 1. The normalized spacial score (nSPS) is 21.7. The van der Waals surface area contributed by atoms with Crippen LogP contribution >= 0.6 is 0 Å². The molecule has 3 atom stereocenters. The van der Waals surface area contributed by atoms with Crippen molar-refractivity contribution in [3.63, 3.8) is 0 Å². The summed E-state index contributed by atoms with van der Waals surface area (Å²) < 4.78 is 18.2. The molecule has 1 aromatic rings. The molecule has 1 aliphatic heterocycles. The SMILES string of the molecule is CC1[C@@H](C)CC(C(=O)O)N1C(=O)CNC(=O)CCCOc1ccc(F)cc1. The molecule has 2 N–H and O–H groups in total. The number of benzene rings is 1. The van der Waals surface area contributed by atoms with Crippen LogP contribution in [0.15, 0.2) is 24.3 Å².